The Morgan fingerprint density at radius 3 is 2.45 bits per heavy atom. The molecule has 1 aliphatic heterocycles. The zero-order chi connectivity index (χ0) is 23.8. The summed E-state index contributed by atoms with van der Waals surface area (Å²) in [6, 6.07) is 5.94. The molecule has 1 aliphatic rings. The van der Waals surface area contributed by atoms with Gasteiger partial charge in [-0.1, -0.05) is 0 Å². The molecule has 0 amide bonds. The van der Waals surface area contributed by atoms with Crippen molar-refractivity contribution in [2.45, 2.75) is 32.9 Å². The van der Waals surface area contributed by atoms with Crippen molar-refractivity contribution in [1.29, 1.82) is 0 Å². The number of rotatable bonds is 6. The Hall–Kier alpha value is -3.82. The summed E-state index contributed by atoms with van der Waals surface area (Å²) in [5.74, 6) is 2.05. The third-order valence-corrected chi connectivity index (χ3v) is 5.21. The Morgan fingerprint density at radius 2 is 1.85 bits per heavy atom. The van der Waals surface area contributed by atoms with Crippen molar-refractivity contribution >= 4 is 29.6 Å². The number of carbonyl (C=O) groups excluding carboxylic acids is 1. The summed E-state index contributed by atoms with van der Waals surface area (Å²) < 4.78 is 15.1. The van der Waals surface area contributed by atoms with Gasteiger partial charge in [-0.2, -0.15) is 5.10 Å². The quantitative estimate of drug-likeness (QED) is 0.577. The Morgan fingerprint density at radius 1 is 1.18 bits per heavy atom. The Labute approximate surface area is 192 Å². The average Bonchev–Trinajstić information content (AvgIpc) is 3.27. The molecular weight excluding hydrogens is 423 g/mol. The minimum atomic E-state index is -0.340. The average molecular weight is 451 g/mol. The van der Waals surface area contributed by atoms with E-state index in [0.29, 0.717) is 41.8 Å². The summed E-state index contributed by atoms with van der Waals surface area (Å²) in [5, 5.41) is 8.05. The van der Waals surface area contributed by atoms with Gasteiger partial charge < -0.3 is 10.2 Å². The van der Waals surface area contributed by atoms with Crippen LogP contribution >= 0.6 is 0 Å². The fourth-order valence-corrected chi connectivity index (χ4v) is 3.70. The van der Waals surface area contributed by atoms with Crippen LogP contribution < -0.4 is 10.2 Å². The van der Waals surface area contributed by atoms with E-state index in [1.54, 1.807) is 29.2 Å². The maximum Gasteiger partial charge on any atom is 0.202 e. The van der Waals surface area contributed by atoms with Crippen LogP contribution in [0.3, 0.4) is 0 Å². The third kappa shape index (κ3) is 4.69. The van der Waals surface area contributed by atoms with E-state index < -0.39 is 0 Å². The molecule has 33 heavy (non-hydrogen) atoms. The first-order valence-corrected chi connectivity index (χ1v) is 10.6. The van der Waals surface area contributed by atoms with Gasteiger partial charge in [0.15, 0.2) is 12.1 Å². The van der Waals surface area contributed by atoms with Gasteiger partial charge in [0.2, 0.25) is 5.96 Å². The lowest BCUT2D eigenvalue weighted by Gasteiger charge is -2.24. The molecular formula is C23H27FN8O. The predicted molar refractivity (Wildman–Crippen MR) is 126 cm³/mol. The number of hydrogen-bond donors (Lipinski definition) is 1. The summed E-state index contributed by atoms with van der Waals surface area (Å²) in [5.41, 5.74) is 1.52. The smallest absolute Gasteiger partial charge is 0.202 e. The predicted octanol–water partition coefficient (Wildman–Crippen LogP) is 3.24. The van der Waals surface area contributed by atoms with Crippen LogP contribution in [0.15, 0.2) is 41.7 Å². The number of guanidine groups is 1. The van der Waals surface area contributed by atoms with Crippen molar-refractivity contribution in [3.8, 4) is 0 Å². The molecule has 0 saturated heterocycles. The number of aliphatic imine (C=N–C) groups is 1. The maximum absolute atomic E-state index is 13.4. The number of benzene rings is 1. The number of aromatic nitrogens is 4. The van der Waals surface area contributed by atoms with Crippen LogP contribution in [0.4, 0.5) is 21.7 Å². The number of anilines is 3. The van der Waals surface area contributed by atoms with Gasteiger partial charge in [0.05, 0.1) is 18.6 Å². The van der Waals surface area contributed by atoms with Crippen molar-refractivity contribution in [3.05, 3.63) is 59.4 Å². The van der Waals surface area contributed by atoms with Crippen LogP contribution in [0.25, 0.3) is 0 Å². The molecule has 1 N–H and O–H groups in total. The second-order valence-electron chi connectivity index (χ2n) is 8.84. The molecule has 0 aliphatic carbocycles. The number of nitrogens with one attached hydrogen (secondary N) is 1. The van der Waals surface area contributed by atoms with Gasteiger partial charge in [-0.05, 0) is 45.0 Å². The number of aldehydes is 1. The Kier molecular flexibility index (Phi) is 5.84. The number of hydrogen-bond acceptors (Lipinski definition) is 8. The topological polar surface area (TPSA) is 91.5 Å². The van der Waals surface area contributed by atoms with Crippen LogP contribution in [-0.2, 0) is 6.54 Å². The van der Waals surface area contributed by atoms with Crippen LogP contribution in [-0.4, -0.2) is 63.1 Å². The highest BCUT2D eigenvalue weighted by molar-refractivity contribution is 6.03. The molecule has 0 bridgehead atoms. The molecule has 4 rings (SSSR count). The van der Waals surface area contributed by atoms with E-state index in [1.165, 1.54) is 12.1 Å². The fourth-order valence-electron chi connectivity index (χ4n) is 3.70. The van der Waals surface area contributed by atoms with Gasteiger partial charge >= 0.3 is 0 Å². The van der Waals surface area contributed by atoms with E-state index >= 15 is 0 Å². The van der Waals surface area contributed by atoms with Crippen molar-refractivity contribution in [1.82, 2.24) is 24.6 Å². The molecule has 0 fully saturated rings. The van der Waals surface area contributed by atoms with E-state index in [1.807, 2.05) is 44.7 Å². The summed E-state index contributed by atoms with van der Waals surface area (Å²) in [6.07, 6.45) is 4.25. The summed E-state index contributed by atoms with van der Waals surface area (Å²) >= 11 is 0. The molecule has 0 unspecified atom stereocenters. The number of carbonyl (C=O) groups is 1. The SMILES string of the molecule is Cc1ncc(Cn2nc(N3CC(C)(C)N=C3N(C)C)c(C=O)c2Nc2ccc(F)cc2)cn1. The van der Waals surface area contributed by atoms with E-state index in [-0.39, 0.29) is 11.4 Å². The molecule has 0 atom stereocenters. The summed E-state index contributed by atoms with van der Waals surface area (Å²) in [7, 11) is 3.82. The molecule has 10 heteroatoms. The normalized spacial score (nSPS) is 14.8. The van der Waals surface area contributed by atoms with Gasteiger partial charge in [0.25, 0.3) is 0 Å². The van der Waals surface area contributed by atoms with Crippen molar-refractivity contribution in [2.24, 2.45) is 4.99 Å². The van der Waals surface area contributed by atoms with Crippen molar-refractivity contribution in [3.63, 3.8) is 0 Å². The van der Waals surface area contributed by atoms with Crippen LogP contribution in [0.1, 0.15) is 35.6 Å². The van der Waals surface area contributed by atoms with Gasteiger partial charge in [-0.3, -0.25) is 9.69 Å². The molecule has 3 aromatic rings. The number of halogens is 1. The van der Waals surface area contributed by atoms with Crippen molar-refractivity contribution < 1.29 is 9.18 Å². The monoisotopic (exact) mass is 450 g/mol. The van der Waals surface area contributed by atoms with Gasteiger partial charge in [0, 0.05) is 37.7 Å². The molecule has 2 aromatic heterocycles. The third-order valence-electron chi connectivity index (χ3n) is 5.21. The van der Waals surface area contributed by atoms with E-state index in [2.05, 4.69) is 15.3 Å². The molecule has 172 valence electrons. The zero-order valence-corrected chi connectivity index (χ0v) is 19.4. The highest BCUT2D eigenvalue weighted by atomic mass is 19.1. The molecule has 3 heterocycles. The molecule has 0 spiro atoms. The zero-order valence-electron chi connectivity index (χ0n) is 19.4. The standard InChI is InChI=1S/C23H27FN8O/c1-15-25-10-16(11-26-15)12-32-20(27-18-8-6-17(24)7-9-18)19(13-33)21(29-32)31-14-23(2,3)28-22(31)30(4)5/h6-11,13,27H,12,14H2,1-5H3. The minimum absolute atomic E-state index is 0.334. The van der Waals surface area contributed by atoms with E-state index in [9.17, 15) is 9.18 Å². The van der Waals surface area contributed by atoms with Gasteiger partial charge in [-0.15, -0.1) is 0 Å². The maximum atomic E-state index is 13.4. The first kappa shape index (κ1) is 22.4. The van der Waals surface area contributed by atoms with Gasteiger partial charge in [0.1, 0.15) is 23.0 Å². The number of aryl methyl sites for hydroxylation is 1. The van der Waals surface area contributed by atoms with Crippen LogP contribution in [0, 0.1) is 12.7 Å². The summed E-state index contributed by atoms with van der Waals surface area (Å²) in [6.45, 7) is 6.81. The Bertz CT molecular complexity index is 1180. The minimum Gasteiger partial charge on any atom is -0.349 e. The van der Waals surface area contributed by atoms with Crippen molar-refractivity contribution in [2.75, 3.05) is 30.9 Å². The molecule has 9 nitrogen and oxygen atoms in total. The first-order chi connectivity index (χ1) is 15.7. The van der Waals surface area contributed by atoms with E-state index in [0.717, 1.165) is 17.8 Å². The highest BCUT2D eigenvalue weighted by Gasteiger charge is 2.37. The second-order valence-corrected chi connectivity index (χ2v) is 8.84. The molecule has 1 aromatic carbocycles. The van der Waals surface area contributed by atoms with Crippen LogP contribution in [0.2, 0.25) is 0 Å². The largest absolute Gasteiger partial charge is 0.349 e. The lowest BCUT2D eigenvalue weighted by Crippen LogP contribution is -2.39. The fraction of sp³-hybridized carbons (Fsp3) is 0.348. The highest BCUT2D eigenvalue weighted by Crippen LogP contribution is 2.33. The number of nitrogens with zero attached hydrogens (tertiary/aromatic N) is 7. The summed E-state index contributed by atoms with van der Waals surface area (Å²) in [4.78, 5) is 29.5. The molecule has 0 saturated carbocycles. The Balaban J connectivity index is 1.81. The molecule has 0 radical (unpaired) electrons. The van der Waals surface area contributed by atoms with E-state index in [4.69, 9.17) is 10.1 Å². The second kappa shape index (κ2) is 8.61. The lowest BCUT2D eigenvalue weighted by atomic mass is 10.1. The lowest BCUT2D eigenvalue weighted by molar-refractivity contribution is 0.112. The van der Waals surface area contributed by atoms with Crippen LogP contribution in [0.5, 0.6) is 0 Å². The first-order valence-electron chi connectivity index (χ1n) is 10.6. The van der Waals surface area contributed by atoms with Gasteiger partial charge in [-0.25, -0.2) is 24.0 Å².